The topological polar surface area (TPSA) is 182 Å². The number of likely N-dealkylation sites (N-methyl/N-ethyl adjacent to an activating group) is 1. The number of aliphatic hydroxyl groups excluding tert-OH is 3. The summed E-state index contributed by atoms with van der Waals surface area (Å²) in [5.41, 5.74) is 0.0915. The van der Waals surface area contributed by atoms with Gasteiger partial charge in [0.15, 0.2) is 11.4 Å². The van der Waals surface area contributed by atoms with Crippen LogP contribution in [0.2, 0.25) is 0 Å². The Morgan fingerprint density at radius 3 is 2.38 bits per heavy atom. The maximum absolute atomic E-state index is 14.8. The summed E-state index contributed by atoms with van der Waals surface area (Å²) in [6.45, 7) is 0. The van der Waals surface area contributed by atoms with Crippen molar-refractivity contribution in [3.8, 4) is 5.75 Å². The molecule has 0 aliphatic heterocycles. The maximum atomic E-state index is 14.8. The van der Waals surface area contributed by atoms with E-state index in [1.165, 1.54) is 43.3 Å². The molecule has 0 spiro atoms. The number of nitrogens with two attached hydrogens (primary N) is 1. The zero-order valence-electron chi connectivity index (χ0n) is 21.1. The minimum absolute atomic E-state index is 0.0127. The second-order valence-corrected chi connectivity index (χ2v) is 10.2. The predicted molar refractivity (Wildman–Crippen MR) is 136 cm³/mol. The van der Waals surface area contributed by atoms with E-state index in [1.807, 2.05) is 0 Å². The van der Waals surface area contributed by atoms with Gasteiger partial charge >= 0.3 is 0 Å². The normalized spacial score (nSPS) is 29.0. The zero-order valence-corrected chi connectivity index (χ0v) is 21.1. The van der Waals surface area contributed by atoms with Gasteiger partial charge < -0.3 is 31.3 Å². The van der Waals surface area contributed by atoms with E-state index < -0.39 is 87.1 Å². The van der Waals surface area contributed by atoms with Crippen molar-refractivity contribution in [2.75, 3.05) is 14.1 Å². The van der Waals surface area contributed by atoms with Crippen molar-refractivity contribution in [1.29, 1.82) is 0 Å². The van der Waals surface area contributed by atoms with Crippen LogP contribution in [0.5, 0.6) is 5.75 Å². The lowest BCUT2D eigenvalue weighted by molar-refractivity contribution is -0.166. The summed E-state index contributed by atoms with van der Waals surface area (Å²) < 4.78 is 28.4. The molecule has 1 fully saturated rings. The van der Waals surface area contributed by atoms with Crippen molar-refractivity contribution in [3.63, 3.8) is 0 Å². The Morgan fingerprint density at radius 2 is 1.77 bits per heavy atom. The van der Waals surface area contributed by atoms with Gasteiger partial charge in [0.05, 0.1) is 29.2 Å². The first-order valence-electron chi connectivity index (χ1n) is 12.0. The molecule has 1 amide bonds. The molecule has 0 radical (unpaired) electrons. The summed E-state index contributed by atoms with van der Waals surface area (Å²) in [5, 5.41) is 56.3. The number of phenolic OH excluding ortho intramolecular Hbond substituents is 1. The van der Waals surface area contributed by atoms with Gasteiger partial charge in [0.1, 0.15) is 34.5 Å². The molecule has 0 heterocycles. The van der Waals surface area contributed by atoms with Crippen LogP contribution >= 0.6 is 0 Å². The van der Waals surface area contributed by atoms with Gasteiger partial charge in [-0.05, 0) is 49.5 Å². The number of benzene rings is 2. The molecule has 12 heteroatoms. The Labute approximate surface area is 225 Å². The van der Waals surface area contributed by atoms with Crippen LogP contribution in [0.4, 0.5) is 8.78 Å². The molecule has 5 rings (SSSR count). The third-order valence-electron chi connectivity index (χ3n) is 7.80. The average molecular weight is 555 g/mol. The van der Waals surface area contributed by atoms with E-state index in [-0.39, 0.29) is 22.3 Å². The quantitative estimate of drug-likeness (QED) is 0.304. The minimum atomic E-state index is -3.10. The van der Waals surface area contributed by atoms with Gasteiger partial charge in [-0.3, -0.25) is 19.3 Å². The van der Waals surface area contributed by atoms with Gasteiger partial charge in [-0.1, -0.05) is 12.1 Å². The Morgan fingerprint density at radius 1 is 1.10 bits per heavy atom. The lowest BCUT2D eigenvalue weighted by Gasteiger charge is -2.53. The molecular formula is C28H24F2N2O8. The maximum Gasteiger partial charge on any atom is 0.255 e. The number of hydrogen-bond donors (Lipinski definition) is 6. The highest BCUT2D eigenvalue weighted by atomic mass is 19.1. The first-order valence-corrected chi connectivity index (χ1v) is 12.0. The molecule has 7 N–H and O–H groups in total. The molecule has 208 valence electrons. The van der Waals surface area contributed by atoms with Gasteiger partial charge in [0.25, 0.3) is 5.91 Å². The Bertz CT molecular complexity index is 1610. The van der Waals surface area contributed by atoms with Crippen LogP contribution in [0, 0.1) is 23.5 Å². The first kappa shape index (κ1) is 27.2. The molecule has 2 aromatic carbocycles. The molecule has 0 aromatic heterocycles. The van der Waals surface area contributed by atoms with Gasteiger partial charge in [0.2, 0.25) is 5.78 Å². The number of phenols is 1. The number of aliphatic hydroxyl groups is 4. The smallest absolute Gasteiger partial charge is 0.255 e. The molecule has 0 unspecified atom stereocenters. The Hall–Kier alpha value is -4.39. The number of rotatable bonds is 3. The fourth-order valence-electron chi connectivity index (χ4n) is 6.10. The average Bonchev–Trinajstić information content (AvgIpc) is 2.86. The van der Waals surface area contributed by atoms with Crippen LogP contribution in [0.25, 0.3) is 17.4 Å². The van der Waals surface area contributed by atoms with Crippen molar-refractivity contribution in [2.24, 2.45) is 17.6 Å². The molecule has 0 bridgehead atoms. The summed E-state index contributed by atoms with van der Waals surface area (Å²) >= 11 is 0. The van der Waals surface area contributed by atoms with Crippen LogP contribution < -0.4 is 5.73 Å². The number of halogens is 2. The SMILES string of the molecule is CN(C)[C@@H]1C(=O)C(C(N)=O)=C(O)[C@@]2(O)C(=O)C3=C(O)c4c(O)cccc4/C(=C\c4ccc(F)cc4F)[C@H]3[C@H](O)[C@@H]12. The molecular weight excluding hydrogens is 530 g/mol. The van der Waals surface area contributed by atoms with Crippen molar-refractivity contribution in [3.05, 3.63) is 81.6 Å². The zero-order chi connectivity index (χ0) is 29.4. The number of Topliss-reactive ketones (excluding diaryl/α,β-unsaturated/α-hetero) is 2. The second-order valence-electron chi connectivity index (χ2n) is 10.2. The third-order valence-corrected chi connectivity index (χ3v) is 7.80. The highest BCUT2D eigenvalue weighted by Crippen LogP contribution is 2.56. The molecule has 2 aromatic rings. The second kappa shape index (κ2) is 9.08. The molecule has 10 nitrogen and oxygen atoms in total. The Kier molecular flexibility index (Phi) is 6.17. The van der Waals surface area contributed by atoms with Gasteiger partial charge in [0, 0.05) is 17.5 Å². The summed E-state index contributed by atoms with van der Waals surface area (Å²) in [5.74, 6) is -11.8. The van der Waals surface area contributed by atoms with Crippen LogP contribution in [0.1, 0.15) is 16.7 Å². The van der Waals surface area contributed by atoms with E-state index in [0.29, 0.717) is 6.07 Å². The van der Waals surface area contributed by atoms with E-state index >= 15 is 0 Å². The van der Waals surface area contributed by atoms with Gasteiger partial charge in [-0.2, -0.15) is 0 Å². The fraction of sp³-hybridized carbons (Fsp3) is 0.250. The van der Waals surface area contributed by atoms with Crippen molar-refractivity contribution >= 4 is 34.9 Å². The summed E-state index contributed by atoms with van der Waals surface area (Å²) in [6.07, 6.45) is -0.733. The number of aromatic hydroxyl groups is 1. The van der Waals surface area contributed by atoms with Crippen molar-refractivity contribution in [2.45, 2.75) is 17.7 Å². The third kappa shape index (κ3) is 3.53. The number of amides is 1. The number of nitrogens with zero attached hydrogens (tertiary/aromatic N) is 1. The highest BCUT2D eigenvalue weighted by Gasteiger charge is 2.68. The van der Waals surface area contributed by atoms with E-state index in [2.05, 4.69) is 0 Å². The van der Waals surface area contributed by atoms with Crippen LogP contribution in [-0.2, 0) is 14.4 Å². The summed E-state index contributed by atoms with van der Waals surface area (Å²) in [7, 11) is 2.76. The number of primary amides is 1. The summed E-state index contributed by atoms with van der Waals surface area (Å²) in [6, 6.07) is 5.15. The van der Waals surface area contributed by atoms with Crippen molar-refractivity contribution < 1.29 is 48.7 Å². The summed E-state index contributed by atoms with van der Waals surface area (Å²) in [4.78, 5) is 40.7. The molecule has 40 heavy (non-hydrogen) atoms. The van der Waals surface area contributed by atoms with Crippen LogP contribution in [0.15, 0.2) is 53.3 Å². The Balaban J connectivity index is 1.87. The minimum Gasteiger partial charge on any atom is -0.508 e. The number of carbonyl (C=O) groups excluding carboxylic acids is 3. The van der Waals surface area contributed by atoms with E-state index in [1.54, 1.807) is 0 Å². The molecule has 5 atom stereocenters. The largest absolute Gasteiger partial charge is 0.508 e. The number of hydrogen-bond acceptors (Lipinski definition) is 9. The standard InChI is InChI=1S/C28H24F2N2O8/c1-32(2)21-20-23(35)17-13(8-10-6-7-11(29)9-14(10)30)12-4-3-5-15(33)16(12)22(34)18(17)25(37)28(20,40)26(38)19(24(21)36)27(31)39/h3-9,17,20-21,23,33-35,38,40H,1-2H3,(H2,31,39)/b13-8+/t17-,20-,21+,23+,28+/m1/s1. The van der Waals surface area contributed by atoms with E-state index in [0.717, 1.165) is 12.1 Å². The highest BCUT2D eigenvalue weighted by molar-refractivity contribution is 6.25. The lowest BCUT2D eigenvalue weighted by Crippen LogP contribution is -2.70. The lowest BCUT2D eigenvalue weighted by atomic mass is 9.55. The molecule has 3 aliphatic carbocycles. The number of ketones is 2. The molecule has 0 saturated heterocycles. The van der Waals surface area contributed by atoms with Crippen LogP contribution in [0.3, 0.4) is 0 Å². The monoisotopic (exact) mass is 554 g/mol. The van der Waals surface area contributed by atoms with E-state index in [9.17, 15) is 48.7 Å². The predicted octanol–water partition coefficient (Wildman–Crippen LogP) is 1.21. The number of fused-ring (bicyclic) bond motifs is 3. The molecule has 3 aliphatic rings. The fourth-order valence-corrected chi connectivity index (χ4v) is 6.10. The molecule has 1 saturated carbocycles. The van der Waals surface area contributed by atoms with Gasteiger partial charge in [-0.25, -0.2) is 8.78 Å². The number of carbonyl (C=O) groups is 3. The van der Waals surface area contributed by atoms with Crippen molar-refractivity contribution in [1.82, 2.24) is 4.90 Å². The first-order chi connectivity index (χ1) is 18.7. The van der Waals surface area contributed by atoms with E-state index in [4.69, 9.17) is 5.73 Å². The van der Waals surface area contributed by atoms with Gasteiger partial charge in [-0.15, -0.1) is 0 Å². The van der Waals surface area contributed by atoms with Crippen LogP contribution in [-0.4, -0.2) is 79.7 Å².